The van der Waals surface area contributed by atoms with Gasteiger partial charge in [-0.1, -0.05) is 30.3 Å². The molecule has 1 atom stereocenters. The molecule has 112 valence electrons. The molecular weight excluding hydrogens is 270 g/mol. The number of carbonyl (C=O) groups is 2. The van der Waals surface area contributed by atoms with Crippen molar-refractivity contribution in [3.05, 3.63) is 48.0 Å². The standard InChI is InChI=1S/C16H19NO4/c1-2-5-13(11-18)15(19)14-7-4-3-6-12(14)10-17-8-9-21-16(17)20/h2-4,6-7,13,18H,1,5,8-11H2. The Balaban J connectivity index is 2.21. The van der Waals surface area contributed by atoms with Crippen LogP contribution in [0.5, 0.6) is 0 Å². The third kappa shape index (κ3) is 3.49. The van der Waals surface area contributed by atoms with Gasteiger partial charge in [-0.15, -0.1) is 6.58 Å². The summed E-state index contributed by atoms with van der Waals surface area (Å²) in [6, 6.07) is 7.16. The molecule has 1 N–H and O–H groups in total. The molecule has 5 nitrogen and oxygen atoms in total. The SMILES string of the molecule is C=CCC(CO)C(=O)c1ccccc1CN1CCOC1=O. The van der Waals surface area contributed by atoms with Crippen LogP contribution >= 0.6 is 0 Å². The van der Waals surface area contributed by atoms with Crippen molar-refractivity contribution in [3.8, 4) is 0 Å². The molecule has 0 spiro atoms. The Morgan fingerprint density at radius 1 is 1.48 bits per heavy atom. The van der Waals surface area contributed by atoms with Crippen molar-refractivity contribution in [1.82, 2.24) is 4.90 Å². The Bertz CT molecular complexity index is 541. The van der Waals surface area contributed by atoms with Gasteiger partial charge in [-0.25, -0.2) is 4.79 Å². The van der Waals surface area contributed by atoms with Gasteiger partial charge in [0, 0.05) is 18.0 Å². The van der Waals surface area contributed by atoms with Crippen molar-refractivity contribution >= 4 is 11.9 Å². The van der Waals surface area contributed by atoms with Gasteiger partial charge in [0.1, 0.15) is 6.61 Å². The molecule has 1 heterocycles. The molecule has 1 aromatic rings. The monoisotopic (exact) mass is 289 g/mol. The van der Waals surface area contributed by atoms with E-state index in [1.54, 1.807) is 23.1 Å². The van der Waals surface area contributed by atoms with Crippen molar-refractivity contribution in [2.24, 2.45) is 5.92 Å². The molecule has 1 aromatic carbocycles. The highest BCUT2D eigenvalue weighted by Crippen LogP contribution is 2.19. The summed E-state index contributed by atoms with van der Waals surface area (Å²) in [5.74, 6) is -0.616. The maximum Gasteiger partial charge on any atom is 0.410 e. The van der Waals surface area contributed by atoms with Crippen LogP contribution in [-0.4, -0.2) is 41.6 Å². The molecule has 0 radical (unpaired) electrons. The fourth-order valence-corrected chi connectivity index (χ4v) is 2.36. The second-order valence-electron chi connectivity index (χ2n) is 4.96. The zero-order chi connectivity index (χ0) is 15.2. The number of ketones is 1. The number of rotatable bonds is 7. The van der Waals surface area contributed by atoms with Crippen molar-refractivity contribution in [2.45, 2.75) is 13.0 Å². The summed E-state index contributed by atoms with van der Waals surface area (Å²) >= 11 is 0. The van der Waals surface area contributed by atoms with E-state index in [1.165, 1.54) is 0 Å². The molecule has 0 aliphatic carbocycles. The predicted molar refractivity (Wildman–Crippen MR) is 77.9 cm³/mol. The fraction of sp³-hybridized carbons (Fsp3) is 0.375. The molecule has 1 saturated heterocycles. The van der Waals surface area contributed by atoms with E-state index < -0.39 is 5.92 Å². The van der Waals surface area contributed by atoms with Crippen LogP contribution in [0.4, 0.5) is 4.79 Å². The average Bonchev–Trinajstić information content (AvgIpc) is 2.90. The van der Waals surface area contributed by atoms with E-state index in [2.05, 4.69) is 6.58 Å². The van der Waals surface area contributed by atoms with E-state index in [9.17, 15) is 14.7 Å². The Morgan fingerprint density at radius 2 is 2.24 bits per heavy atom. The number of aliphatic hydroxyl groups is 1. The molecule has 0 aromatic heterocycles. The number of benzene rings is 1. The Morgan fingerprint density at radius 3 is 2.86 bits per heavy atom. The van der Waals surface area contributed by atoms with Gasteiger partial charge in [0.25, 0.3) is 0 Å². The first-order chi connectivity index (χ1) is 10.2. The lowest BCUT2D eigenvalue weighted by molar-refractivity contribution is 0.0860. The number of nitrogens with zero attached hydrogens (tertiary/aromatic N) is 1. The lowest BCUT2D eigenvalue weighted by atomic mass is 9.92. The number of amides is 1. The Kier molecular flexibility index (Phi) is 5.11. The summed E-state index contributed by atoms with van der Waals surface area (Å²) in [5.41, 5.74) is 1.31. The number of allylic oxidation sites excluding steroid dienone is 1. The quantitative estimate of drug-likeness (QED) is 0.616. The zero-order valence-corrected chi connectivity index (χ0v) is 11.8. The molecule has 1 fully saturated rings. The summed E-state index contributed by atoms with van der Waals surface area (Å²) in [7, 11) is 0. The number of aliphatic hydroxyl groups excluding tert-OH is 1. The first-order valence-electron chi connectivity index (χ1n) is 6.93. The maximum absolute atomic E-state index is 12.5. The van der Waals surface area contributed by atoms with Crippen molar-refractivity contribution in [2.75, 3.05) is 19.8 Å². The summed E-state index contributed by atoms with van der Waals surface area (Å²) in [5, 5.41) is 9.35. The van der Waals surface area contributed by atoms with E-state index >= 15 is 0 Å². The minimum absolute atomic E-state index is 0.124. The molecular formula is C16H19NO4. The normalized spacial score (nSPS) is 15.7. The van der Waals surface area contributed by atoms with Crippen LogP contribution in [-0.2, 0) is 11.3 Å². The molecule has 21 heavy (non-hydrogen) atoms. The van der Waals surface area contributed by atoms with Gasteiger partial charge in [0.05, 0.1) is 13.2 Å². The van der Waals surface area contributed by atoms with Crippen molar-refractivity contribution in [3.63, 3.8) is 0 Å². The maximum atomic E-state index is 12.5. The summed E-state index contributed by atoms with van der Waals surface area (Å²) < 4.78 is 4.89. The predicted octanol–water partition coefficient (Wildman–Crippen LogP) is 2.01. The van der Waals surface area contributed by atoms with Crippen LogP contribution in [0.15, 0.2) is 36.9 Å². The molecule has 2 rings (SSSR count). The first kappa shape index (κ1) is 15.3. The molecule has 1 aliphatic rings. The van der Waals surface area contributed by atoms with Crippen molar-refractivity contribution in [1.29, 1.82) is 0 Å². The van der Waals surface area contributed by atoms with Gasteiger partial charge in [-0.05, 0) is 12.0 Å². The van der Waals surface area contributed by atoms with E-state index in [4.69, 9.17) is 4.74 Å². The Labute approximate surface area is 123 Å². The van der Waals surface area contributed by atoms with Crippen LogP contribution in [0.3, 0.4) is 0 Å². The summed E-state index contributed by atoms with van der Waals surface area (Å²) in [6.45, 7) is 4.64. The first-order valence-corrected chi connectivity index (χ1v) is 6.93. The minimum Gasteiger partial charge on any atom is -0.448 e. The largest absolute Gasteiger partial charge is 0.448 e. The number of hydrogen-bond acceptors (Lipinski definition) is 4. The van der Waals surface area contributed by atoms with Crippen LogP contribution in [0.25, 0.3) is 0 Å². The third-order valence-electron chi connectivity index (χ3n) is 3.53. The highest BCUT2D eigenvalue weighted by atomic mass is 16.6. The molecule has 1 aliphatic heterocycles. The van der Waals surface area contributed by atoms with E-state index in [0.717, 1.165) is 5.56 Å². The van der Waals surface area contributed by atoms with Gasteiger partial charge in [-0.3, -0.25) is 4.79 Å². The van der Waals surface area contributed by atoms with E-state index in [-0.39, 0.29) is 18.5 Å². The zero-order valence-electron chi connectivity index (χ0n) is 11.8. The number of hydrogen-bond donors (Lipinski definition) is 1. The molecule has 5 heteroatoms. The van der Waals surface area contributed by atoms with Crippen LogP contribution < -0.4 is 0 Å². The number of ether oxygens (including phenoxy) is 1. The smallest absolute Gasteiger partial charge is 0.410 e. The second kappa shape index (κ2) is 7.04. The van der Waals surface area contributed by atoms with Crippen LogP contribution in [0.1, 0.15) is 22.3 Å². The lowest BCUT2D eigenvalue weighted by Gasteiger charge is -2.17. The Hall–Kier alpha value is -2.14. The number of carbonyl (C=O) groups excluding carboxylic acids is 2. The fourth-order valence-electron chi connectivity index (χ4n) is 2.36. The highest BCUT2D eigenvalue weighted by Gasteiger charge is 2.25. The van der Waals surface area contributed by atoms with Gasteiger partial charge in [0.15, 0.2) is 5.78 Å². The van der Waals surface area contributed by atoms with Crippen LogP contribution in [0, 0.1) is 5.92 Å². The molecule has 1 unspecified atom stereocenters. The van der Waals surface area contributed by atoms with Gasteiger partial charge in [0.2, 0.25) is 0 Å². The average molecular weight is 289 g/mol. The van der Waals surface area contributed by atoms with Crippen LogP contribution in [0.2, 0.25) is 0 Å². The van der Waals surface area contributed by atoms with Gasteiger partial charge in [-0.2, -0.15) is 0 Å². The number of cyclic esters (lactones) is 1. The molecule has 1 amide bonds. The minimum atomic E-state index is -0.492. The van der Waals surface area contributed by atoms with E-state index in [0.29, 0.717) is 31.7 Å². The summed E-state index contributed by atoms with van der Waals surface area (Å²) in [6.07, 6.45) is 1.69. The van der Waals surface area contributed by atoms with E-state index in [1.807, 2.05) is 12.1 Å². The second-order valence-corrected chi connectivity index (χ2v) is 4.96. The molecule has 0 bridgehead atoms. The molecule has 0 saturated carbocycles. The van der Waals surface area contributed by atoms with Gasteiger partial charge >= 0.3 is 6.09 Å². The highest BCUT2D eigenvalue weighted by molar-refractivity contribution is 5.99. The van der Waals surface area contributed by atoms with Gasteiger partial charge < -0.3 is 14.7 Å². The lowest BCUT2D eigenvalue weighted by Crippen LogP contribution is -2.26. The topological polar surface area (TPSA) is 66.8 Å². The third-order valence-corrected chi connectivity index (χ3v) is 3.53. The summed E-state index contributed by atoms with van der Waals surface area (Å²) in [4.78, 5) is 25.6. The van der Waals surface area contributed by atoms with Crippen molar-refractivity contribution < 1.29 is 19.4 Å². The number of Topliss-reactive ketones (excluding diaryl/α,β-unsaturated/α-hetero) is 1.